The highest BCUT2D eigenvalue weighted by molar-refractivity contribution is 6.30. The third-order valence-corrected chi connectivity index (χ3v) is 4.12. The first-order valence-electron chi connectivity index (χ1n) is 7.70. The fraction of sp³-hybridized carbons (Fsp3) is 0.625. The molecule has 4 nitrogen and oxygen atoms in total. The van der Waals surface area contributed by atoms with Crippen LogP contribution in [0.5, 0.6) is 0 Å². The third-order valence-electron chi connectivity index (χ3n) is 3.87. The van der Waals surface area contributed by atoms with Gasteiger partial charge in [-0.05, 0) is 31.2 Å². The van der Waals surface area contributed by atoms with E-state index in [9.17, 15) is 0 Å². The highest BCUT2D eigenvalue weighted by Gasteiger charge is 2.11. The van der Waals surface area contributed by atoms with E-state index in [1.165, 1.54) is 12.0 Å². The maximum absolute atomic E-state index is 5.83. The molecule has 118 valence electrons. The molecular weight excluding hydrogens is 286 g/mol. The van der Waals surface area contributed by atoms with E-state index in [1.807, 2.05) is 19.2 Å². The number of nitrogens with zero attached hydrogens (tertiary/aromatic N) is 1. The lowest BCUT2D eigenvalue weighted by molar-refractivity contribution is 0.191. The van der Waals surface area contributed by atoms with E-state index in [-0.39, 0.29) is 0 Å². The van der Waals surface area contributed by atoms with Crippen molar-refractivity contribution in [2.75, 3.05) is 46.4 Å². The van der Waals surface area contributed by atoms with E-state index in [2.05, 4.69) is 27.7 Å². The van der Waals surface area contributed by atoms with Crippen LogP contribution in [0.25, 0.3) is 0 Å². The normalized spacial score (nSPS) is 22.7. The van der Waals surface area contributed by atoms with Gasteiger partial charge in [-0.2, -0.15) is 0 Å². The van der Waals surface area contributed by atoms with Gasteiger partial charge in [-0.15, -0.1) is 0 Å². The summed E-state index contributed by atoms with van der Waals surface area (Å²) in [4.78, 5) is 2.46. The molecule has 2 N–H and O–H groups in total. The van der Waals surface area contributed by atoms with Crippen LogP contribution in [-0.2, 0) is 11.3 Å². The molecule has 1 aromatic carbocycles. The SMILES string of the molecule is CNC1CCOC1.Clc1ccc(CN2CCNCC2)cc1. The van der Waals surface area contributed by atoms with E-state index >= 15 is 0 Å². The minimum atomic E-state index is 0.625. The van der Waals surface area contributed by atoms with Crippen LogP contribution in [0.15, 0.2) is 24.3 Å². The van der Waals surface area contributed by atoms with Crippen LogP contribution < -0.4 is 10.6 Å². The van der Waals surface area contributed by atoms with Gasteiger partial charge in [0.05, 0.1) is 6.61 Å². The summed E-state index contributed by atoms with van der Waals surface area (Å²) in [5.74, 6) is 0. The van der Waals surface area contributed by atoms with Gasteiger partial charge in [-0.1, -0.05) is 23.7 Å². The fourth-order valence-electron chi connectivity index (χ4n) is 2.48. The molecule has 1 atom stereocenters. The fourth-order valence-corrected chi connectivity index (χ4v) is 2.61. The number of ether oxygens (including phenoxy) is 1. The average Bonchev–Trinajstić information content (AvgIpc) is 3.05. The molecule has 21 heavy (non-hydrogen) atoms. The molecule has 0 bridgehead atoms. The Hall–Kier alpha value is -0.650. The molecule has 2 heterocycles. The lowest BCUT2D eigenvalue weighted by Crippen LogP contribution is -2.42. The number of benzene rings is 1. The van der Waals surface area contributed by atoms with E-state index < -0.39 is 0 Å². The zero-order valence-corrected chi connectivity index (χ0v) is 13.5. The molecule has 5 heteroatoms. The van der Waals surface area contributed by atoms with Crippen molar-refractivity contribution in [1.29, 1.82) is 0 Å². The number of likely N-dealkylation sites (N-methyl/N-ethyl adjacent to an activating group) is 1. The van der Waals surface area contributed by atoms with Crippen LogP contribution in [0.1, 0.15) is 12.0 Å². The predicted molar refractivity (Wildman–Crippen MR) is 87.9 cm³/mol. The first-order chi connectivity index (χ1) is 10.3. The number of halogens is 1. The zero-order valence-electron chi connectivity index (χ0n) is 12.8. The molecular formula is C16H26ClN3O. The van der Waals surface area contributed by atoms with Gasteiger partial charge < -0.3 is 15.4 Å². The summed E-state index contributed by atoms with van der Waals surface area (Å²) < 4.78 is 5.09. The lowest BCUT2D eigenvalue weighted by atomic mass is 10.2. The Morgan fingerprint density at radius 2 is 2.00 bits per heavy atom. The Bertz CT molecular complexity index is 387. The molecule has 2 fully saturated rings. The van der Waals surface area contributed by atoms with Gasteiger partial charge >= 0.3 is 0 Å². The highest BCUT2D eigenvalue weighted by atomic mass is 35.5. The molecule has 3 rings (SSSR count). The molecule has 0 spiro atoms. The van der Waals surface area contributed by atoms with Gasteiger partial charge in [-0.25, -0.2) is 0 Å². The second-order valence-electron chi connectivity index (χ2n) is 5.50. The van der Waals surface area contributed by atoms with Crippen LogP contribution in [0.2, 0.25) is 5.02 Å². The van der Waals surface area contributed by atoms with Crippen molar-refractivity contribution < 1.29 is 4.74 Å². The van der Waals surface area contributed by atoms with Crippen LogP contribution in [0.4, 0.5) is 0 Å². The molecule has 0 aromatic heterocycles. The third kappa shape index (κ3) is 6.32. The number of piperazine rings is 1. The molecule has 0 amide bonds. The maximum Gasteiger partial charge on any atom is 0.0620 e. The van der Waals surface area contributed by atoms with Crippen LogP contribution >= 0.6 is 11.6 Å². The van der Waals surface area contributed by atoms with Crippen molar-refractivity contribution >= 4 is 11.6 Å². The number of hydrogen-bond donors (Lipinski definition) is 2. The lowest BCUT2D eigenvalue weighted by Gasteiger charge is -2.27. The summed E-state index contributed by atoms with van der Waals surface area (Å²) in [7, 11) is 1.97. The summed E-state index contributed by atoms with van der Waals surface area (Å²) in [6.07, 6.45) is 1.18. The van der Waals surface area contributed by atoms with Gasteiger partial charge in [0.25, 0.3) is 0 Å². The van der Waals surface area contributed by atoms with Gasteiger partial charge in [0.1, 0.15) is 0 Å². The van der Waals surface area contributed by atoms with Gasteiger partial charge in [0.15, 0.2) is 0 Å². The molecule has 0 saturated carbocycles. The van der Waals surface area contributed by atoms with Crippen molar-refractivity contribution in [2.24, 2.45) is 0 Å². The van der Waals surface area contributed by atoms with Crippen molar-refractivity contribution in [1.82, 2.24) is 15.5 Å². The molecule has 0 aliphatic carbocycles. The van der Waals surface area contributed by atoms with Gasteiger partial charge in [-0.3, -0.25) is 4.90 Å². The Morgan fingerprint density at radius 1 is 1.29 bits per heavy atom. The molecule has 2 aliphatic heterocycles. The zero-order chi connectivity index (χ0) is 14.9. The monoisotopic (exact) mass is 311 g/mol. The van der Waals surface area contributed by atoms with Crippen molar-refractivity contribution in [3.8, 4) is 0 Å². The van der Waals surface area contributed by atoms with Crippen LogP contribution in [-0.4, -0.2) is 57.4 Å². The average molecular weight is 312 g/mol. The summed E-state index contributed by atoms with van der Waals surface area (Å²) in [6.45, 7) is 7.37. The smallest absolute Gasteiger partial charge is 0.0620 e. The largest absolute Gasteiger partial charge is 0.380 e. The number of nitrogens with one attached hydrogen (secondary N) is 2. The van der Waals surface area contributed by atoms with Crippen LogP contribution in [0.3, 0.4) is 0 Å². The minimum Gasteiger partial charge on any atom is -0.380 e. The molecule has 2 aliphatic rings. The van der Waals surface area contributed by atoms with E-state index in [1.54, 1.807) is 0 Å². The van der Waals surface area contributed by atoms with Crippen molar-refractivity contribution in [3.63, 3.8) is 0 Å². The van der Waals surface area contributed by atoms with Crippen LogP contribution in [0, 0.1) is 0 Å². The Kier molecular flexibility index (Phi) is 7.47. The topological polar surface area (TPSA) is 36.5 Å². The quantitative estimate of drug-likeness (QED) is 0.891. The summed E-state index contributed by atoms with van der Waals surface area (Å²) in [5.41, 5.74) is 1.34. The standard InChI is InChI=1S/C11H15ClN2.C5H11NO/c12-11-3-1-10(2-4-11)9-14-7-5-13-6-8-14;1-6-5-2-3-7-4-5/h1-4,13H,5-9H2;5-6H,2-4H2,1H3. The first kappa shape index (κ1) is 16.7. The molecule has 0 radical (unpaired) electrons. The highest BCUT2D eigenvalue weighted by Crippen LogP contribution is 2.11. The van der Waals surface area contributed by atoms with Crippen molar-refractivity contribution in [3.05, 3.63) is 34.9 Å². The number of hydrogen-bond acceptors (Lipinski definition) is 4. The van der Waals surface area contributed by atoms with Gasteiger partial charge in [0.2, 0.25) is 0 Å². The Labute approximate surface area is 132 Å². The molecule has 1 aromatic rings. The number of rotatable bonds is 3. The van der Waals surface area contributed by atoms with E-state index in [0.29, 0.717) is 6.04 Å². The van der Waals surface area contributed by atoms with Gasteiger partial charge in [0, 0.05) is 50.4 Å². The van der Waals surface area contributed by atoms with E-state index in [4.69, 9.17) is 16.3 Å². The molecule has 2 saturated heterocycles. The second-order valence-corrected chi connectivity index (χ2v) is 5.94. The summed E-state index contributed by atoms with van der Waals surface area (Å²) in [5, 5.41) is 7.30. The predicted octanol–water partition coefficient (Wildman–Crippen LogP) is 1.74. The second kappa shape index (κ2) is 9.38. The summed E-state index contributed by atoms with van der Waals surface area (Å²) in [6, 6.07) is 8.74. The minimum absolute atomic E-state index is 0.625. The Balaban J connectivity index is 0.000000194. The summed E-state index contributed by atoms with van der Waals surface area (Å²) >= 11 is 5.83. The van der Waals surface area contributed by atoms with Crippen molar-refractivity contribution in [2.45, 2.75) is 19.0 Å². The first-order valence-corrected chi connectivity index (χ1v) is 8.08. The maximum atomic E-state index is 5.83. The Morgan fingerprint density at radius 3 is 2.52 bits per heavy atom. The van der Waals surface area contributed by atoms with E-state index in [0.717, 1.165) is 51.0 Å². The molecule has 1 unspecified atom stereocenters.